The van der Waals surface area contributed by atoms with E-state index < -0.39 is 23.4 Å². The number of hydrogen-bond donors (Lipinski definition) is 3. The molecule has 0 aliphatic rings. The van der Waals surface area contributed by atoms with Crippen LogP contribution >= 0.6 is 0 Å². The van der Waals surface area contributed by atoms with Crippen molar-refractivity contribution in [1.29, 1.82) is 0 Å². The molecule has 2 amide bonds. The Bertz CT molecular complexity index is 720. The molecule has 0 saturated heterocycles. The van der Waals surface area contributed by atoms with Crippen molar-refractivity contribution in [3.8, 4) is 0 Å². The van der Waals surface area contributed by atoms with Gasteiger partial charge in [-0.25, -0.2) is 8.78 Å². The Morgan fingerprint density at radius 2 is 1.77 bits per heavy atom. The molecular formula is C15H13F2N3O2. The SMILES string of the molecule is NC(=O)c1ccccc1NCC(=O)Nc1ccc(F)c(F)c1. The van der Waals surface area contributed by atoms with Crippen LogP contribution in [0.2, 0.25) is 0 Å². The number of carbonyl (C=O) groups is 2. The average molecular weight is 305 g/mol. The summed E-state index contributed by atoms with van der Waals surface area (Å²) in [6, 6.07) is 9.50. The number of benzene rings is 2. The summed E-state index contributed by atoms with van der Waals surface area (Å²) in [7, 11) is 0. The lowest BCUT2D eigenvalue weighted by Gasteiger charge is -2.10. The molecule has 0 spiro atoms. The Hall–Kier alpha value is -2.96. The van der Waals surface area contributed by atoms with E-state index in [-0.39, 0.29) is 17.8 Å². The molecule has 0 unspecified atom stereocenters. The van der Waals surface area contributed by atoms with Crippen LogP contribution in [0.3, 0.4) is 0 Å². The monoisotopic (exact) mass is 305 g/mol. The normalized spacial score (nSPS) is 10.1. The lowest BCUT2D eigenvalue weighted by atomic mass is 10.1. The van der Waals surface area contributed by atoms with Crippen molar-refractivity contribution < 1.29 is 18.4 Å². The molecule has 0 aromatic heterocycles. The highest BCUT2D eigenvalue weighted by Gasteiger charge is 2.09. The summed E-state index contributed by atoms with van der Waals surface area (Å²) in [5.41, 5.74) is 6.02. The predicted octanol–water partition coefficient (Wildman–Crippen LogP) is 2.11. The molecular weight excluding hydrogens is 292 g/mol. The van der Waals surface area contributed by atoms with E-state index in [1.807, 2.05) is 0 Å². The summed E-state index contributed by atoms with van der Waals surface area (Å²) >= 11 is 0. The van der Waals surface area contributed by atoms with Gasteiger partial charge in [-0.3, -0.25) is 9.59 Å². The van der Waals surface area contributed by atoms with Crippen LogP contribution in [-0.4, -0.2) is 18.4 Å². The van der Waals surface area contributed by atoms with E-state index in [0.29, 0.717) is 5.69 Å². The number of nitrogens with two attached hydrogens (primary N) is 1. The van der Waals surface area contributed by atoms with Gasteiger partial charge in [0, 0.05) is 17.4 Å². The second-order valence-corrected chi connectivity index (χ2v) is 4.44. The van der Waals surface area contributed by atoms with E-state index in [4.69, 9.17) is 5.73 Å². The standard InChI is InChI=1S/C15H13F2N3O2/c16-11-6-5-9(7-12(11)17)20-14(21)8-19-13-4-2-1-3-10(13)15(18)22/h1-7,19H,8H2,(H2,18,22)(H,20,21). The predicted molar refractivity (Wildman–Crippen MR) is 78.4 cm³/mol. The second kappa shape index (κ2) is 6.66. The number of carbonyl (C=O) groups excluding carboxylic acids is 2. The minimum atomic E-state index is -1.05. The summed E-state index contributed by atoms with van der Waals surface area (Å²) in [6.45, 7) is -0.163. The van der Waals surface area contributed by atoms with Gasteiger partial charge in [0.15, 0.2) is 11.6 Å². The molecule has 22 heavy (non-hydrogen) atoms. The first-order chi connectivity index (χ1) is 10.5. The molecule has 0 heterocycles. The summed E-state index contributed by atoms with van der Waals surface area (Å²) in [5, 5.41) is 5.16. The Morgan fingerprint density at radius 3 is 2.45 bits per heavy atom. The lowest BCUT2D eigenvalue weighted by molar-refractivity contribution is -0.114. The van der Waals surface area contributed by atoms with Gasteiger partial charge in [0.1, 0.15) is 0 Å². The first-order valence-electron chi connectivity index (χ1n) is 6.35. The fraction of sp³-hybridized carbons (Fsp3) is 0.0667. The van der Waals surface area contributed by atoms with Crippen LogP contribution in [0.4, 0.5) is 20.2 Å². The molecule has 7 heteroatoms. The van der Waals surface area contributed by atoms with Crippen LogP contribution in [0.5, 0.6) is 0 Å². The van der Waals surface area contributed by atoms with Gasteiger partial charge in [0.25, 0.3) is 5.91 Å². The van der Waals surface area contributed by atoms with Crippen molar-refractivity contribution in [1.82, 2.24) is 0 Å². The molecule has 0 atom stereocenters. The molecule has 0 aliphatic carbocycles. The lowest BCUT2D eigenvalue weighted by Crippen LogP contribution is -2.23. The largest absolute Gasteiger partial charge is 0.376 e. The third-order valence-corrected chi connectivity index (χ3v) is 2.84. The molecule has 114 valence electrons. The van der Waals surface area contributed by atoms with Crippen molar-refractivity contribution in [3.63, 3.8) is 0 Å². The topological polar surface area (TPSA) is 84.2 Å². The first kappa shape index (κ1) is 15.4. The number of anilines is 2. The van der Waals surface area contributed by atoms with Gasteiger partial charge in [-0.1, -0.05) is 12.1 Å². The zero-order chi connectivity index (χ0) is 16.1. The Kier molecular flexibility index (Phi) is 4.67. The fourth-order valence-corrected chi connectivity index (χ4v) is 1.81. The third kappa shape index (κ3) is 3.78. The van der Waals surface area contributed by atoms with Crippen molar-refractivity contribution in [2.45, 2.75) is 0 Å². The smallest absolute Gasteiger partial charge is 0.250 e. The van der Waals surface area contributed by atoms with Crippen LogP contribution in [-0.2, 0) is 4.79 Å². The number of rotatable bonds is 5. The summed E-state index contributed by atoms with van der Waals surface area (Å²) < 4.78 is 25.8. The third-order valence-electron chi connectivity index (χ3n) is 2.84. The van der Waals surface area contributed by atoms with E-state index >= 15 is 0 Å². The second-order valence-electron chi connectivity index (χ2n) is 4.44. The first-order valence-corrected chi connectivity index (χ1v) is 6.35. The quantitative estimate of drug-likeness (QED) is 0.791. The van der Waals surface area contributed by atoms with Crippen LogP contribution in [0.1, 0.15) is 10.4 Å². The fourth-order valence-electron chi connectivity index (χ4n) is 1.81. The molecule has 2 aromatic carbocycles. The van der Waals surface area contributed by atoms with Gasteiger partial charge < -0.3 is 16.4 Å². The number of primary amides is 1. The summed E-state index contributed by atoms with van der Waals surface area (Å²) in [6.07, 6.45) is 0. The molecule has 0 aliphatic heterocycles. The van der Waals surface area contributed by atoms with E-state index in [2.05, 4.69) is 10.6 Å². The average Bonchev–Trinajstić information content (AvgIpc) is 2.49. The van der Waals surface area contributed by atoms with E-state index in [9.17, 15) is 18.4 Å². The number of hydrogen-bond acceptors (Lipinski definition) is 3. The minimum absolute atomic E-state index is 0.133. The maximum Gasteiger partial charge on any atom is 0.250 e. The molecule has 0 bridgehead atoms. The highest BCUT2D eigenvalue weighted by atomic mass is 19.2. The highest BCUT2D eigenvalue weighted by molar-refractivity contribution is 6.00. The maximum atomic E-state index is 13.0. The Morgan fingerprint density at radius 1 is 1.05 bits per heavy atom. The van der Waals surface area contributed by atoms with E-state index in [1.165, 1.54) is 12.1 Å². The molecule has 4 N–H and O–H groups in total. The number of nitrogens with one attached hydrogen (secondary N) is 2. The molecule has 2 aromatic rings. The molecule has 0 radical (unpaired) electrons. The van der Waals surface area contributed by atoms with Gasteiger partial charge in [-0.2, -0.15) is 0 Å². The van der Waals surface area contributed by atoms with Gasteiger partial charge in [0.05, 0.1) is 12.1 Å². The number of para-hydroxylation sites is 1. The number of halogens is 2. The molecule has 2 rings (SSSR count). The van der Waals surface area contributed by atoms with Crippen LogP contribution in [0.15, 0.2) is 42.5 Å². The Balaban J connectivity index is 1.98. The zero-order valence-corrected chi connectivity index (χ0v) is 11.4. The summed E-state index contributed by atoms with van der Waals surface area (Å²) in [5.74, 6) is -3.15. The van der Waals surface area contributed by atoms with Crippen molar-refractivity contribution in [2.24, 2.45) is 5.73 Å². The van der Waals surface area contributed by atoms with Crippen molar-refractivity contribution >= 4 is 23.2 Å². The maximum absolute atomic E-state index is 13.0. The van der Waals surface area contributed by atoms with Crippen LogP contribution in [0.25, 0.3) is 0 Å². The Labute approximate surface area is 125 Å². The van der Waals surface area contributed by atoms with Crippen molar-refractivity contribution in [2.75, 3.05) is 17.2 Å². The molecule has 0 saturated carbocycles. The van der Waals surface area contributed by atoms with Crippen molar-refractivity contribution in [3.05, 3.63) is 59.7 Å². The van der Waals surface area contributed by atoms with E-state index in [1.54, 1.807) is 18.2 Å². The zero-order valence-electron chi connectivity index (χ0n) is 11.4. The van der Waals surface area contributed by atoms with Gasteiger partial charge in [0.2, 0.25) is 5.91 Å². The van der Waals surface area contributed by atoms with Gasteiger partial charge in [-0.15, -0.1) is 0 Å². The summed E-state index contributed by atoms with van der Waals surface area (Å²) in [4.78, 5) is 23.0. The number of amides is 2. The van der Waals surface area contributed by atoms with Gasteiger partial charge in [-0.05, 0) is 24.3 Å². The molecule has 5 nitrogen and oxygen atoms in total. The van der Waals surface area contributed by atoms with Gasteiger partial charge >= 0.3 is 0 Å². The van der Waals surface area contributed by atoms with Crippen LogP contribution in [0, 0.1) is 11.6 Å². The van der Waals surface area contributed by atoms with Crippen LogP contribution < -0.4 is 16.4 Å². The minimum Gasteiger partial charge on any atom is -0.376 e. The molecule has 0 fully saturated rings. The highest BCUT2D eigenvalue weighted by Crippen LogP contribution is 2.15. The van der Waals surface area contributed by atoms with E-state index in [0.717, 1.165) is 12.1 Å².